The molecule has 6 nitrogen and oxygen atoms in total. The van der Waals surface area contributed by atoms with Crippen LogP contribution >= 0.6 is 0 Å². The summed E-state index contributed by atoms with van der Waals surface area (Å²) in [4.78, 5) is 39.6. The molecule has 1 aliphatic heterocycles. The molecular weight excluding hydrogens is 354 g/mol. The van der Waals surface area contributed by atoms with Gasteiger partial charge < -0.3 is 15.5 Å². The predicted molar refractivity (Wildman–Crippen MR) is 109 cm³/mol. The van der Waals surface area contributed by atoms with Gasteiger partial charge in [0.25, 0.3) is 0 Å². The van der Waals surface area contributed by atoms with Crippen LogP contribution in [0.5, 0.6) is 0 Å². The fraction of sp³-hybridized carbons (Fsp3) is 0.591. The molecule has 3 amide bonds. The molecule has 1 aromatic carbocycles. The first-order chi connectivity index (χ1) is 13.5. The zero-order valence-corrected chi connectivity index (χ0v) is 16.9. The molecule has 0 spiro atoms. The summed E-state index contributed by atoms with van der Waals surface area (Å²) in [5.41, 5.74) is 2.19. The van der Waals surface area contributed by atoms with Gasteiger partial charge in [-0.2, -0.15) is 0 Å². The number of anilines is 1. The Hall–Kier alpha value is -2.37. The van der Waals surface area contributed by atoms with E-state index in [1.807, 2.05) is 36.9 Å². The molecule has 1 aliphatic carbocycles. The van der Waals surface area contributed by atoms with E-state index >= 15 is 0 Å². The fourth-order valence-electron chi connectivity index (χ4n) is 4.33. The van der Waals surface area contributed by atoms with Crippen LogP contribution in [-0.2, 0) is 20.8 Å². The minimum Gasteiger partial charge on any atom is -0.355 e. The van der Waals surface area contributed by atoms with Crippen molar-refractivity contribution < 1.29 is 14.4 Å². The molecular formula is C22H31N3O3. The molecule has 2 atom stereocenters. The standard InChI is InChI=1S/C22H31N3O3/c1-15(2)24-20(26)11-13-23-21(27)17-8-4-5-9-18(17)22(28)25-14-12-16-7-3-6-10-19(16)25/h3,6-7,10,15,17-18H,4-5,8-9,11-14H2,1-2H3,(H,23,27)(H,24,26). The number of carbonyl (C=O) groups is 3. The summed E-state index contributed by atoms with van der Waals surface area (Å²) in [6.45, 7) is 4.82. The van der Waals surface area contributed by atoms with E-state index in [2.05, 4.69) is 16.7 Å². The Kier molecular flexibility index (Phi) is 6.70. The molecule has 0 aromatic heterocycles. The van der Waals surface area contributed by atoms with Crippen LogP contribution in [0.2, 0.25) is 0 Å². The lowest BCUT2D eigenvalue weighted by Crippen LogP contribution is -2.45. The number of para-hydroxylation sites is 1. The SMILES string of the molecule is CC(C)NC(=O)CCNC(=O)C1CCCCC1C(=O)N1CCc2ccccc21. The highest BCUT2D eigenvalue weighted by atomic mass is 16.2. The van der Waals surface area contributed by atoms with Gasteiger partial charge in [-0.05, 0) is 44.7 Å². The van der Waals surface area contributed by atoms with Crippen molar-refractivity contribution in [1.29, 1.82) is 0 Å². The first-order valence-electron chi connectivity index (χ1n) is 10.4. The van der Waals surface area contributed by atoms with Crippen LogP contribution in [0.25, 0.3) is 0 Å². The Balaban J connectivity index is 1.60. The Morgan fingerprint density at radius 3 is 2.57 bits per heavy atom. The smallest absolute Gasteiger partial charge is 0.230 e. The van der Waals surface area contributed by atoms with Gasteiger partial charge in [0.05, 0.1) is 5.92 Å². The Labute approximate surface area is 167 Å². The normalized spacial score (nSPS) is 21.3. The van der Waals surface area contributed by atoms with E-state index in [9.17, 15) is 14.4 Å². The zero-order valence-electron chi connectivity index (χ0n) is 16.9. The minimum absolute atomic E-state index is 0.0692. The zero-order chi connectivity index (χ0) is 20.1. The fourth-order valence-corrected chi connectivity index (χ4v) is 4.33. The van der Waals surface area contributed by atoms with Crippen molar-refractivity contribution in [1.82, 2.24) is 10.6 Å². The van der Waals surface area contributed by atoms with Gasteiger partial charge in [-0.1, -0.05) is 31.0 Å². The molecule has 1 aromatic rings. The number of carbonyl (C=O) groups excluding carboxylic acids is 3. The van der Waals surface area contributed by atoms with Gasteiger partial charge in [0.15, 0.2) is 0 Å². The molecule has 1 fully saturated rings. The van der Waals surface area contributed by atoms with Crippen LogP contribution in [-0.4, -0.2) is 36.9 Å². The maximum Gasteiger partial charge on any atom is 0.230 e. The van der Waals surface area contributed by atoms with E-state index in [1.54, 1.807) is 0 Å². The molecule has 0 radical (unpaired) electrons. The average molecular weight is 386 g/mol. The molecule has 2 unspecified atom stereocenters. The third-order valence-electron chi connectivity index (χ3n) is 5.67. The summed E-state index contributed by atoms with van der Waals surface area (Å²) in [5.74, 6) is -0.669. The predicted octanol–water partition coefficient (Wildman–Crippen LogP) is 2.41. The van der Waals surface area contributed by atoms with Gasteiger partial charge in [0.2, 0.25) is 17.7 Å². The number of rotatable bonds is 6. The second-order valence-corrected chi connectivity index (χ2v) is 8.13. The summed E-state index contributed by atoms with van der Waals surface area (Å²) in [7, 11) is 0. The number of fused-ring (bicyclic) bond motifs is 1. The number of benzene rings is 1. The van der Waals surface area contributed by atoms with Crippen molar-refractivity contribution in [3.8, 4) is 0 Å². The highest BCUT2D eigenvalue weighted by Gasteiger charge is 2.39. The van der Waals surface area contributed by atoms with Gasteiger partial charge in [-0.3, -0.25) is 14.4 Å². The van der Waals surface area contributed by atoms with Crippen LogP contribution in [0.15, 0.2) is 24.3 Å². The number of hydrogen-bond donors (Lipinski definition) is 2. The molecule has 2 N–H and O–H groups in total. The highest BCUT2D eigenvalue weighted by Crippen LogP contribution is 2.35. The second kappa shape index (κ2) is 9.22. The molecule has 0 bridgehead atoms. The van der Waals surface area contributed by atoms with Crippen molar-refractivity contribution in [2.45, 2.75) is 58.4 Å². The maximum atomic E-state index is 13.3. The molecule has 0 saturated heterocycles. The van der Waals surface area contributed by atoms with E-state index in [1.165, 1.54) is 5.56 Å². The van der Waals surface area contributed by atoms with Gasteiger partial charge in [-0.15, -0.1) is 0 Å². The first kappa shape index (κ1) is 20.4. The third kappa shape index (κ3) is 4.72. The summed E-state index contributed by atoms with van der Waals surface area (Å²) in [6.07, 6.45) is 4.56. The van der Waals surface area contributed by atoms with E-state index < -0.39 is 0 Å². The summed E-state index contributed by atoms with van der Waals surface area (Å²) in [5, 5.41) is 5.70. The van der Waals surface area contributed by atoms with Crippen LogP contribution in [0.3, 0.4) is 0 Å². The topological polar surface area (TPSA) is 78.5 Å². The van der Waals surface area contributed by atoms with Crippen molar-refractivity contribution >= 4 is 23.4 Å². The summed E-state index contributed by atoms with van der Waals surface area (Å²) in [6, 6.07) is 8.10. The molecule has 1 heterocycles. The van der Waals surface area contributed by atoms with Gasteiger partial charge in [0, 0.05) is 37.2 Å². The second-order valence-electron chi connectivity index (χ2n) is 8.13. The third-order valence-corrected chi connectivity index (χ3v) is 5.67. The Morgan fingerprint density at radius 2 is 1.82 bits per heavy atom. The Morgan fingerprint density at radius 1 is 1.11 bits per heavy atom. The minimum atomic E-state index is -0.304. The van der Waals surface area contributed by atoms with Gasteiger partial charge in [-0.25, -0.2) is 0 Å². The van der Waals surface area contributed by atoms with E-state index in [0.717, 1.165) is 37.8 Å². The van der Waals surface area contributed by atoms with Crippen LogP contribution in [0.4, 0.5) is 5.69 Å². The van der Waals surface area contributed by atoms with Gasteiger partial charge in [0.1, 0.15) is 0 Å². The molecule has 1 saturated carbocycles. The molecule has 152 valence electrons. The molecule has 3 rings (SSSR count). The molecule has 6 heteroatoms. The molecule has 2 aliphatic rings. The number of amides is 3. The molecule has 28 heavy (non-hydrogen) atoms. The van der Waals surface area contributed by atoms with Crippen molar-refractivity contribution in [3.63, 3.8) is 0 Å². The van der Waals surface area contributed by atoms with Crippen molar-refractivity contribution in [2.75, 3.05) is 18.0 Å². The quantitative estimate of drug-likeness (QED) is 0.789. The first-order valence-corrected chi connectivity index (χ1v) is 10.4. The van der Waals surface area contributed by atoms with E-state index in [-0.39, 0.29) is 42.0 Å². The largest absolute Gasteiger partial charge is 0.355 e. The van der Waals surface area contributed by atoms with Gasteiger partial charge >= 0.3 is 0 Å². The van der Waals surface area contributed by atoms with Crippen LogP contribution < -0.4 is 15.5 Å². The summed E-state index contributed by atoms with van der Waals surface area (Å²) >= 11 is 0. The van der Waals surface area contributed by atoms with Crippen LogP contribution in [0, 0.1) is 11.8 Å². The monoisotopic (exact) mass is 385 g/mol. The lowest BCUT2D eigenvalue weighted by atomic mass is 9.77. The number of nitrogens with one attached hydrogen (secondary N) is 2. The number of nitrogens with zero attached hydrogens (tertiary/aromatic N) is 1. The van der Waals surface area contributed by atoms with E-state index in [4.69, 9.17) is 0 Å². The highest BCUT2D eigenvalue weighted by molar-refractivity contribution is 5.99. The lowest BCUT2D eigenvalue weighted by molar-refractivity contribution is -0.135. The van der Waals surface area contributed by atoms with Crippen LogP contribution in [0.1, 0.15) is 51.5 Å². The lowest BCUT2D eigenvalue weighted by Gasteiger charge is -2.32. The maximum absolute atomic E-state index is 13.3. The van der Waals surface area contributed by atoms with Crippen molar-refractivity contribution in [2.24, 2.45) is 11.8 Å². The Bertz CT molecular complexity index is 731. The summed E-state index contributed by atoms with van der Waals surface area (Å²) < 4.78 is 0. The number of hydrogen-bond acceptors (Lipinski definition) is 3. The van der Waals surface area contributed by atoms with Crippen molar-refractivity contribution in [3.05, 3.63) is 29.8 Å². The van der Waals surface area contributed by atoms with E-state index in [0.29, 0.717) is 13.1 Å². The average Bonchev–Trinajstić information content (AvgIpc) is 3.11.